The molecule has 1 amide bonds. The number of rotatable bonds is 6. The molecule has 0 unspecified atom stereocenters. The van der Waals surface area contributed by atoms with Crippen molar-refractivity contribution in [2.45, 2.75) is 13.0 Å². The molecule has 2 rings (SSSR count). The minimum absolute atomic E-state index is 0.112. The van der Waals surface area contributed by atoms with Crippen LogP contribution in [0.5, 0.6) is 5.75 Å². The Labute approximate surface area is 130 Å². The molecule has 2 aromatic rings. The normalized spacial score (nSPS) is 10.3. The van der Waals surface area contributed by atoms with Crippen LogP contribution in [0.2, 0.25) is 5.02 Å². The van der Waals surface area contributed by atoms with Gasteiger partial charge in [0, 0.05) is 19.2 Å². The third-order valence-corrected chi connectivity index (χ3v) is 3.04. The van der Waals surface area contributed by atoms with E-state index in [9.17, 15) is 14.9 Å². The molecule has 8 nitrogen and oxygen atoms in total. The summed E-state index contributed by atoms with van der Waals surface area (Å²) in [5.41, 5.74) is -0.107. The van der Waals surface area contributed by atoms with Gasteiger partial charge in [-0.2, -0.15) is 5.10 Å². The number of nitrogens with one attached hydrogen (secondary N) is 1. The predicted molar refractivity (Wildman–Crippen MR) is 80.1 cm³/mol. The number of amides is 1. The lowest BCUT2D eigenvalue weighted by Crippen LogP contribution is -2.15. The number of carbonyl (C=O) groups excluding carboxylic acids is 1. The van der Waals surface area contributed by atoms with E-state index in [2.05, 4.69) is 10.4 Å². The van der Waals surface area contributed by atoms with Crippen molar-refractivity contribution in [2.24, 2.45) is 0 Å². The molecule has 0 saturated carbocycles. The number of nitro groups is 1. The van der Waals surface area contributed by atoms with Gasteiger partial charge >= 0.3 is 0 Å². The number of carbonyl (C=O) groups is 1. The maximum absolute atomic E-state index is 11.9. The molecular weight excluding hydrogens is 312 g/mol. The van der Waals surface area contributed by atoms with Crippen molar-refractivity contribution in [3.63, 3.8) is 0 Å². The number of benzene rings is 1. The first-order valence-corrected chi connectivity index (χ1v) is 6.67. The fraction of sp³-hybridized carbons (Fsp3) is 0.231. The van der Waals surface area contributed by atoms with E-state index in [-0.39, 0.29) is 23.7 Å². The fourth-order valence-corrected chi connectivity index (χ4v) is 1.94. The summed E-state index contributed by atoms with van der Waals surface area (Å²) < 4.78 is 6.45. The Hall–Kier alpha value is -2.61. The van der Waals surface area contributed by atoms with E-state index in [1.807, 2.05) is 0 Å². The molecule has 116 valence electrons. The Bertz CT molecular complexity index is 701. The highest BCUT2D eigenvalue weighted by atomic mass is 35.5. The van der Waals surface area contributed by atoms with Crippen LogP contribution in [-0.2, 0) is 11.3 Å². The largest absolute Gasteiger partial charge is 0.496 e. The van der Waals surface area contributed by atoms with Crippen molar-refractivity contribution in [3.05, 3.63) is 45.7 Å². The Balaban J connectivity index is 2.03. The number of aromatic nitrogens is 2. The van der Waals surface area contributed by atoms with E-state index in [0.29, 0.717) is 17.3 Å². The Morgan fingerprint density at radius 3 is 2.91 bits per heavy atom. The smallest absolute Gasteiger partial charge is 0.296 e. The number of halogens is 1. The average molecular weight is 325 g/mol. The first kappa shape index (κ1) is 15.8. The van der Waals surface area contributed by atoms with Gasteiger partial charge in [0.2, 0.25) is 5.91 Å². The van der Waals surface area contributed by atoms with E-state index in [0.717, 1.165) is 0 Å². The first-order valence-electron chi connectivity index (χ1n) is 6.30. The lowest BCUT2D eigenvalue weighted by Gasteiger charge is -2.07. The number of methoxy groups -OCH3 is 1. The Kier molecular flexibility index (Phi) is 4.95. The van der Waals surface area contributed by atoms with Crippen LogP contribution in [0.4, 0.5) is 11.4 Å². The van der Waals surface area contributed by atoms with Crippen molar-refractivity contribution >= 4 is 28.9 Å². The summed E-state index contributed by atoms with van der Waals surface area (Å²) in [6.45, 7) is 0.322. The monoisotopic (exact) mass is 324 g/mol. The summed E-state index contributed by atoms with van der Waals surface area (Å²) in [7, 11) is 1.41. The second-order valence-electron chi connectivity index (χ2n) is 4.36. The Morgan fingerprint density at radius 2 is 2.32 bits per heavy atom. The highest BCUT2D eigenvalue weighted by Gasteiger charge is 2.17. The third-order valence-electron chi connectivity index (χ3n) is 2.85. The molecule has 0 aliphatic carbocycles. The average Bonchev–Trinajstić information content (AvgIpc) is 2.91. The number of ether oxygens (including phenoxy) is 1. The van der Waals surface area contributed by atoms with Gasteiger partial charge in [-0.3, -0.25) is 19.6 Å². The molecule has 0 spiro atoms. The maximum Gasteiger partial charge on any atom is 0.296 e. The van der Waals surface area contributed by atoms with Gasteiger partial charge < -0.3 is 10.1 Å². The van der Waals surface area contributed by atoms with Crippen molar-refractivity contribution in [1.82, 2.24) is 9.78 Å². The zero-order valence-corrected chi connectivity index (χ0v) is 12.4. The molecule has 0 saturated heterocycles. The van der Waals surface area contributed by atoms with Crippen molar-refractivity contribution in [2.75, 3.05) is 12.4 Å². The van der Waals surface area contributed by atoms with Gasteiger partial charge in [-0.1, -0.05) is 11.6 Å². The van der Waals surface area contributed by atoms with E-state index < -0.39 is 4.92 Å². The lowest BCUT2D eigenvalue weighted by molar-refractivity contribution is -0.384. The highest BCUT2D eigenvalue weighted by Crippen LogP contribution is 2.29. The van der Waals surface area contributed by atoms with Gasteiger partial charge in [-0.15, -0.1) is 0 Å². The molecule has 0 aliphatic rings. The number of aryl methyl sites for hydroxylation is 1. The third kappa shape index (κ3) is 3.95. The number of nitro benzene ring substituents is 1. The van der Waals surface area contributed by atoms with Crippen LogP contribution in [0.15, 0.2) is 30.6 Å². The van der Waals surface area contributed by atoms with Crippen LogP contribution in [0, 0.1) is 10.1 Å². The van der Waals surface area contributed by atoms with Crippen LogP contribution in [-0.4, -0.2) is 27.7 Å². The molecule has 1 N–H and O–H groups in total. The van der Waals surface area contributed by atoms with Gasteiger partial charge in [-0.05, 0) is 12.1 Å². The summed E-state index contributed by atoms with van der Waals surface area (Å²) in [5, 5.41) is 18.0. The summed E-state index contributed by atoms with van der Waals surface area (Å²) in [4.78, 5) is 22.3. The summed E-state index contributed by atoms with van der Waals surface area (Å²) in [5.74, 6) is -0.0178. The van der Waals surface area contributed by atoms with Crippen LogP contribution in [0.3, 0.4) is 0 Å². The molecule has 0 bridgehead atoms. The molecule has 1 heterocycles. The number of hydrogen-bond donors (Lipinski definition) is 1. The fourth-order valence-electron chi connectivity index (χ4n) is 1.78. The van der Waals surface area contributed by atoms with E-state index in [1.54, 1.807) is 6.20 Å². The van der Waals surface area contributed by atoms with Crippen LogP contribution in [0.25, 0.3) is 0 Å². The van der Waals surface area contributed by atoms with Crippen molar-refractivity contribution < 1.29 is 14.5 Å². The van der Waals surface area contributed by atoms with Gasteiger partial charge in [0.25, 0.3) is 5.69 Å². The van der Waals surface area contributed by atoms with Crippen LogP contribution >= 0.6 is 11.6 Å². The molecule has 22 heavy (non-hydrogen) atoms. The zero-order valence-electron chi connectivity index (χ0n) is 11.7. The van der Waals surface area contributed by atoms with E-state index in [4.69, 9.17) is 16.3 Å². The van der Waals surface area contributed by atoms with Gasteiger partial charge in [-0.25, -0.2) is 0 Å². The van der Waals surface area contributed by atoms with E-state index in [1.165, 1.54) is 36.2 Å². The van der Waals surface area contributed by atoms with E-state index >= 15 is 0 Å². The molecule has 1 aromatic carbocycles. The second kappa shape index (κ2) is 6.90. The van der Waals surface area contributed by atoms with Crippen LogP contribution < -0.4 is 10.1 Å². The summed E-state index contributed by atoms with van der Waals surface area (Å²) >= 11 is 5.72. The quantitative estimate of drug-likeness (QED) is 0.650. The maximum atomic E-state index is 11.9. The summed E-state index contributed by atoms with van der Waals surface area (Å²) in [6, 6.07) is 4.22. The highest BCUT2D eigenvalue weighted by molar-refractivity contribution is 6.30. The number of nitrogens with zero attached hydrogens (tertiary/aromatic N) is 3. The minimum Gasteiger partial charge on any atom is -0.496 e. The molecule has 1 aromatic heterocycles. The predicted octanol–water partition coefficient (Wildman–Crippen LogP) is 2.48. The number of anilines is 1. The molecule has 9 heteroatoms. The van der Waals surface area contributed by atoms with Crippen molar-refractivity contribution in [1.29, 1.82) is 0 Å². The zero-order chi connectivity index (χ0) is 16.1. The minimum atomic E-state index is -0.578. The molecule has 0 atom stereocenters. The number of hydrogen-bond acceptors (Lipinski definition) is 5. The molecule has 0 fully saturated rings. The summed E-state index contributed by atoms with van der Waals surface area (Å²) in [6.07, 6.45) is 3.17. The second-order valence-corrected chi connectivity index (χ2v) is 4.80. The van der Waals surface area contributed by atoms with Gasteiger partial charge in [0.15, 0.2) is 0 Å². The standard InChI is InChI=1S/C13H13ClN4O4/c1-22-10-2-3-11(12(6-10)18(20)21)16-13(19)4-5-17-8-9(14)7-15-17/h2-3,6-8H,4-5H2,1H3,(H,16,19). The van der Waals surface area contributed by atoms with Gasteiger partial charge in [0.05, 0.1) is 29.3 Å². The van der Waals surface area contributed by atoms with Gasteiger partial charge in [0.1, 0.15) is 11.4 Å². The first-order chi connectivity index (χ1) is 10.5. The topological polar surface area (TPSA) is 99.3 Å². The molecule has 0 radical (unpaired) electrons. The Morgan fingerprint density at radius 1 is 1.55 bits per heavy atom. The van der Waals surface area contributed by atoms with Crippen LogP contribution in [0.1, 0.15) is 6.42 Å². The lowest BCUT2D eigenvalue weighted by atomic mass is 10.2. The molecule has 0 aliphatic heterocycles. The SMILES string of the molecule is COc1ccc(NC(=O)CCn2cc(Cl)cn2)c([N+](=O)[O-])c1. The molecular formula is C13H13ClN4O4. The van der Waals surface area contributed by atoms with Crippen molar-refractivity contribution in [3.8, 4) is 5.75 Å².